The van der Waals surface area contributed by atoms with Crippen LogP contribution in [-0.4, -0.2) is 40.4 Å². The normalized spacial score (nSPS) is 25.7. The third kappa shape index (κ3) is 2.72. The number of carbonyl (C=O) groups excluding carboxylic acids is 1. The molecule has 0 bridgehead atoms. The van der Waals surface area contributed by atoms with Crippen molar-refractivity contribution in [3.8, 4) is 0 Å². The zero-order chi connectivity index (χ0) is 11.6. The van der Waals surface area contributed by atoms with Crippen LogP contribution in [0.1, 0.15) is 27.2 Å². The Labute approximate surface area is 90.5 Å². The Morgan fingerprint density at radius 3 is 2.67 bits per heavy atom. The number of aliphatic hydroxyl groups excluding tert-OH is 1. The molecule has 1 rings (SSSR count). The Balaban J connectivity index is 2.60. The maximum absolute atomic E-state index is 11.7. The van der Waals surface area contributed by atoms with Crippen molar-refractivity contribution < 1.29 is 14.6 Å². The predicted molar refractivity (Wildman–Crippen MR) is 57.5 cm³/mol. The number of likely N-dealkylation sites (tertiary alicyclic amines) is 1. The molecule has 1 aliphatic rings. The molecule has 1 amide bonds. The summed E-state index contributed by atoms with van der Waals surface area (Å²) in [4.78, 5) is 13.3. The van der Waals surface area contributed by atoms with Gasteiger partial charge in [-0.25, -0.2) is 4.79 Å². The van der Waals surface area contributed by atoms with Crippen LogP contribution >= 0.6 is 0 Å². The first-order valence-electron chi connectivity index (χ1n) is 5.13. The van der Waals surface area contributed by atoms with E-state index in [0.717, 1.165) is 6.42 Å². The topological polar surface area (TPSA) is 49.8 Å². The summed E-state index contributed by atoms with van der Waals surface area (Å²) in [5.41, 5.74) is -0.502. The number of aliphatic hydroxyl groups is 1. The van der Waals surface area contributed by atoms with Crippen LogP contribution in [0.4, 0.5) is 4.79 Å². The van der Waals surface area contributed by atoms with E-state index in [1.807, 2.05) is 20.8 Å². The fourth-order valence-electron chi connectivity index (χ4n) is 1.61. The lowest BCUT2D eigenvalue weighted by molar-refractivity contribution is -0.0333. The molecular formula is C11H19NO3. The van der Waals surface area contributed by atoms with Gasteiger partial charge in [-0.1, -0.05) is 6.08 Å². The van der Waals surface area contributed by atoms with E-state index < -0.39 is 5.60 Å². The molecule has 0 spiro atoms. The van der Waals surface area contributed by atoms with Gasteiger partial charge < -0.3 is 9.84 Å². The van der Waals surface area contributed by atoms with Crippen LogP contribution in [-0.2, 0) is 4.74 Å². The SMILES string of the molecule is C=C[C@H]1C[C@@H](CO)N1C(=O)OC(C)(C)C. The highest BCUT2D eigenvalue weighted by Crippen LogP contribution is 2.28. The molecule has 0 aliphatic carbocycles. The number of amides is 1. The molecule has 86 valence electrons. The fraction of sp³-hybridized carbons (Fsp3) is 0.727. The van der Waals surface area contributed by atoms with Crippen LogP contribution < -0.4 is 0 Å². The largest absolute Gasteiger partial charge is 0.444 e. The predicted octanol–water partition coefficient (Wildman–Crippen LogP) is 1.54. The molecule has 1 fully saturated rings. The van der Waals surface area contributed by atoms with Gasteiger partial charge in [-0.05, 0) is 27.2 Å². The van der Waals surface area contributed by atoms with Crippen LogP contribution in [0.15, 0.2) is 12.7 Å². The van der Waals surface area contributed by atoms with Crippen LogP contribution in [0.3, 0.4) is 0 Å². The number of rotatable bonds is 2. The summed E-state index contributed by atoms with van der Waals surface area (Å²) in [6.07, 6.45) is 2.09. The van der Waals surface area contributed by atoms with Crippen molar-refractivity contribution >= 4 is 6.09 Å². The number of hydrogen-bond acceptors (Lipinski definition) is 3. The highest BCUT2D eigenvalue weighted by atomic mass is 16.6. The highest BCUT2D eigenvalue weighted by Gasteiger charge is 2.41. The number of carbonyl (C=O) groups is 1. The van der Waals surface area contributed by atoms with Crippen molar-refractivity contribution in [3.63, 3.8) is 0 Å². The molecular weight excluding hydrogens is 194 g/mol. The average Bonchev–Trinajstić information content (AvgIpc) is 1.99. The minimum absolute atomic E-state index is 0.00278. The standard InChI is InChI=1S/C11H19NO3/c1-5-8-6-9(7-13)12(8)10(14)15-11(2,3)4/h5,8-9,13H,1,6-7H2,2-4H3/t8-,9-/m0/s1. The summed E-state index contributed by atoms with van der Waals surface area (Å²) in [5, 5.41) is 9.03. The first kappa shape index (κ1) is 12.0. The third-order valence-electron chi connectivity index (χ3n) is 2.35. The minimum Gasteiger partial charge on any atom is -0.444 e. The van der Waals surface area contributed by atoms with Crippen molar-refractivity contribution in [2.24, 2.45) is 0 Å². The second kappa shape index (κ2) is 4.23. The van der Waals surface area contributed by atoms with Gasteiger partial charge >= 0.3 is 6.09 Å². The van der Waals surface area contributed by atoms with Gasteiger partial charge in [0.1, 0.15) is 5.60 Å². The monoisotopic (exact) mass is 213 g/mol. The van der Waals surface area contributed by atoms with E-state index in [1.54, 1.807) is 6.08 Å². The first-order valence-corrected chi connectivity index (χ1v) is 5.13. The lowest BCUT2D eigenvalue weighted by atomic mass is 9.94. The molecule has 0 aromatic rings. The average molecular weight is 213 g/mol. The number of nitrogens with zero attached hydrogens (tertiary/aromatic N) is 1. The quantitative estimate of drug-likeness (QED) is 0.708. The Bertz CT molecular complexity index is 257. The van der Waals surface area contributed by atoms with E-state index in [1.165, 1.54) is 4.90 Å². The van der Waals surface area contributed by atoms with Gasteiger partial charge in [-0.2, -0.15) is 0 Å². The molecule has 0 aromatic carbocycles. The van der Waals surface area contributed by atoms with Gasteiger partial charge in [0, 0.05) is 0 Å². The zero-order valence-electron chi connectivity index (χ0n) is 9.56. The van der Waals surface area contributed by atoms with E-state index >= 15 is 0 Å². The van der Waals surface area contributed by atoms with E-state index in [9.17, 15) is 4.79 Å². The minimum atomic E-state index is -0.502. The van der Waals surface area contributed by atoms with Crippen LogP contribution in [0, 0.1) is 0 Å². The molecule has 0 unspecified atom stereocenters. The molecule has 0 radical (unpaired) electrons. The molecule has 0 aromatic heterocycles. The summed E-state index contributed by atoms with van der Waals surface area (Å²) < 4.78 is 5.23. The van der Waals surface area contributed by atoms with Crippen molar-refractivity contribution in [1.82, 2.24) is 4.90 Å². The Morgan fingerprint density at radius 1 is 1.67 bits per heavy atom. The summed E-state index contributed by atoms with van der Waals surface area (Å²) in [7, 11) is 0. The molecule has 15 heavy (non-hydrogen) atoms. The van der Waals surface area contributed by atoms with Gasteiger partial charge in [-0.3, -0.25) is 4.90 Å². The Hall–Kier alpha value is -1.03. The maximum Gasteiger partial charge on any atom is 0.411 e. The van der Waals surface area contributed by atoms with E-state index in [0.29, 0.717) is 0 Å². The molecule has 1 heterocycles. The molecule has 4 heteroatoms. The second-order valence-electron chi connectivity index (χ2n) is 4.76. The van der Waals surface area contributed by atoms with Crippen LogP contribution in [0.2, 0.25) is 0 Å². The van der Waals surface area contributed by atoms with Gasteiger partial charge in [0.2, 0.25) is 0 Å². The van der Waals surface area contributed by atoms with E-state index in [4.69, 9.17) is 9.84 Å². The summed E-state index contributed by atoms with van der Waals surface area (Å²) in [5.74, 6) is 0. The third-order valence-corrected chi connectivity index (χ3v) is 2.35. The number of hydrogen-bond donors (Lipinski definition) is 1. The van der Waals surface area contributed by atoms with Crippen molar-refractivity contribution in [2.75, 3.05) is 6.61 Å². The molecule has 1 aliphatic heterocycles. The summed E-state index contributed by atoms with van der Waals surface area (Å²) in [6, 6.07) is -0.125. The van der Waals surface area contributed by atoms with Gasteiger partial charge in [-0.15, -0.1) is 6.58 Å². The van der Waals surface area contributed by atoms with Crippen LogP contribution in [0.25, 0.3) is 0 Å². The zero-order valence-corrected chi connectivity index (χ0v) is 9.56. The molecule has 1 N–H and O–H groups in total. The maximum atomic E-state index is 11.7. The molecule has 0 saturated carbocycles. The first-order chi connectivity index (χ1) is 6.89. The van der Waals surface area contributed by atoms with Crippen molar-refractivity contribution in [1.29, 1.82) is 0 Å². The summed E-state index contributed by atoms with van der Waals surface area (Å²) >= 11 is 0. The van der Waals surface area contributed by atoms with Crippen molar-refractivity contribution in [3.05, 3.63) is 12.7 Å². The molecule has 4 nitrogen and oxygen atoms in total. The van der Waals surface area contributed by atoms with Gasteiger partial charge in [0.15, 0.2) is 0 Å². The van der Waals surface area contributed by atoms with Crippen molar-refractivity contribution in [2.45, 2.75) is 44.9 Å². The van der Waals surface area contributed by atoms with E-state index in [-0.39, 0.29) is 24.8 Å². The number of ether oxygens (including phenoxy) is 1. The smallest absolute Gasteiger partial charge is 0.411 e. The Morgan fingerprint density at radius 2 is 2.27 bits per heavy atom. The highest BCUT2D eigenvalue weighted by molar-refractivity contribution is 5.70. The molecule has 2 atom stereocenters. The van der Waals surface area contributed by atoms with E-state index in [2.05, 4.69) is 6.58 Å². The Kier molecular flexibility index (Phi) is 3.39. The summed E-state index contributed by atoms with van der Waals surface area (Å²) in [6.45, 7) is 9.09. The van der Waals surface area contributed by atoms with Gasteiger partial charge in [0.25, 0.3) is 0 Å². The lowest BCUT2D eigenvalue weighted by Gasteiger charge is -2.46. The van der Waals surface area contributed by atoms with Gasteiger partial charge in [0.05, 0.1) is 18.7 Å². The lowest BCUT2D eigenvalue weighted by Crippen LogP contribution is -2.60. The fourth-order valence-corrected chi connectivity index (χ4v) is 1.61. The second-order valence-corrected chi connectivity index (χ2v) is 4.76. The van der Waals surface area contributed by atoms with Crippen LogP contribution in [0.5, 0.6) is 0 Å². The molecule has 1 saturated heterocycles.